The molecular weight excluding hydrogens is 228 g/mol. The van der Waals surface area contributed by atoms with Crippen molar-refractivity contribution in [1.82, 2.24) is 0 Å². The highest BCUT2D eigenvalue weighted by Gasteiger charge is 2.12. The van der Waals surface area contributed by atoms with E-state index in [1.165, 1.54) is 6.26 Å². The summed E-state index contributed by atoms with van der Waals surface area (Å²) in [7, 11) is -3.53. The van der Waals surface area contributed by atoms with E-state index >= 15 is 0 Å². The van der Waals surface area contributed by atoms with Gasteiger partial charge in [-0.2, -0.15) is 8.42 Å². The summed E-state index contributed by atoms with van der Waals surface area (Å²) in [6, 6.07) is 10.3. The standard InChI is InChI=1S/C11H10O4S/c1-16(12,13)15-11-6-3-2-5-9(11)10-7-4-8-14-10/h2-8H,1H3. The lowest BCUT2D eigenvalue weighted by Crippen LogP contribution is -2.06. The second-order valence-corrected chi connectivity index (χ2v) is 4.84. The first-order chi connectivity index (χ1) is 7.56. The molecule has 0 saturated carbocycles. The summed E-state index contributed by atoms with van der Waals surface area (Å²) in [4.78, 5) is 0. The second-order valence-electron chi connectivity index (χ2n) is 3.26. The Morgan fingerprint density at radius 2 is 1.88 bits per heavy atom. The molecule has 0 saturated heterocycles. The molecule has 2 aromatic rings. The number of furan rings is 1. The predicted molar refractivity (Wildman–Crippen MR) is 59.6 cm³/mol. The van der Waals surface area contributed by atoms with Gasteiger partial charge in [0.05, 0.1) is 18.1 Å². The topological polar surface area (TPSA) is 56.5 Å². The van der Waals surface area contributed by atoms with Crippen LogP contribution in [0.25, 0.3) is 11.3 Å². The molecule has 0 atom stereocenters. The van der Waals surface area contributed by atoms with Crippen LogP contribution in [-0.2, 0) is 10.1 Å². The lowest BCUT2D eigenvalue weighted by Gasteiger charge is -2.06. The van der Waals surface area contributed by atoms with Crippen LogP contribution in [0.3, 0.4) is 0 Å². The molecule has 0 fully saturated rings. The first kappa shape index (κ1) is 10.8. The van der Waals surface area contributed by atoms with Gasteiger partial charge in [-0.05, 0) is 24.3 Å². The van der Waals surface area contributed by atoms with E-state index in [2.05, 4.69) is 0 Å². The van der Waals surface area contributed by atoms with Crippen LogP contribution in [0, 0.1) is 0 Å². The molecule has 16 heavy (non-hydrogen) atoms. The van der Waals surface area contributed by atoms with Crippen LogP contribution in [0.1, 0.15) is 0 Å². The Morgan fingerprint density at radius 1 is 1.12 bits per heavy atom. The van der Waals surface area contributed by atoms with Gasteiger partial charge in [-0.25, -0.2) is 0 Å². The Bertz CT molecular complexity index is 570. The largest absolute Gasteiger partial charge is 0.464 e. The molecule has 84 valence electrons. The van der Waals surface area contributed by atoms with Crippen molar-refractivity contribution in [1.29, 1.82) is 0 Å². The Labute approximate surface area is 93.6 Å². The summed E-state index contributed by atoms with van der Waals surface area (Å²) < 4.78 is 32.2. The van der Waals surface area contributed by atoms with Crippen molar-refractivity contribution in [3.63, 3.8) is 0 Å². The van der Waals surface area contributed by atoms with Crippen molar-refractivity contribution in [2.45, 2.75) is 0 Å². The molecule has 0 N–H and O–H groups in total. The van der Waals surface area contributed by atoms with Gasteiger partial charge in [0.15, 0.2) is 5.75 Å². The lowest BCUT2D eigenvalue weighted by molar-refractivity contribution is 0.492. The van der Waals surface area contributed by atoms with Crippen LogP contribution in [0.15, 0.2) is 47.1 Å². The first-order valence-electron chi connectivity index (χ1n) is 4.58. The van der Waals surface area contributed by atoms with Crippen LogP contribution in [0.4, 0.5) is 0 Å². The minimum Gasteiger partial charge on any atom is -0.464 e. The zero-order chi connectivity index (χ0) is 11.6. The Balaban J connectivity index is 2.47. The highest BCUT2D eigenvalue weighted by atomic mass is 32.2. The Morgan fingerprint density at radius 3 is 2.50 bits per heavy atom. The molecule has 0 aliphatic heterocycles. The first-order valence-corrected chi connectivity index (χ1v) is 6.40. The number of hydrogen-bond acceptors (Lipinski definition) is 4. The van der Waals surface area contributed by atoms with E-state index in [1.54, 1.807) is 36.4 Å². The number of hydrogen-bond donors (Lipinski definition) is 0. The van der Waals surface area contributed by atoms with Crippen LogP contribution in [-0.4, -0.2) is 14.7 Å². The summed E-state index contributed by atoms with van der Waals surface area (Å²) in [5, 5.41) is 0. The van der Waals surface area contributed by atoms with Crippen molar-refractivity contribution in [2.24, 2.45) is 0 Å². The summed E-state index contributed by atoms with van der Waals surface area (Å²) in [6.45, 7) is 0. The van der Waals surface area contributed by atoms with Crippen molar-refractivity contribution in [3.8, 4) is 17.1 Å². The molecule has 0 spiro atoms. The molecule has 4 nitrogen and oxygen atoms in total. The molecule has 0 amide bonds. The molecule has 0 unspecified atom stereocenters. The van der Waals surface area contributed by atoms with E-state index in [1.807, 2.05) is 0 Å². The van der Waals surface area contributed by atoms with Crippen LogP contribution >= 0.6 is 0 Å². The lowest BCUT2D eigenvalue weighted by atomic mass is 10.1. The number of para-hydroxylation sites is 1. The maximum Gasteiger partial charge on any atom is 0.306 e. The van der Waals surface area contributed by atoms with Crippen molar-refractivity contribution in [2.75, 3.05) is 6.26 Å². The zero-order valence-electron chi connectivity index (χ0n) is 8.58. The summed E-state index contributed by atoms with van der Waals surface area (Å²) >= 11 is 0. The minimum absolute atomic E-state index is 0.264. The highest BCUT2D eigenvalue weighted by molar-refractivity contribution is 7.86. The molecule has 0 bridgehead atoms. The molecule has 1 aromatic carbocycles. The van der Waals surface area contributed by atoms with Gasteiger partial charge in [0.2, 0.25) is 0 Å². The Kier molecular flexibility index (Phi) is 2.70. The maximum absolute atomic E-state index is 11.1. The monoisotopic (exact) mass is 238 g/mol. The molecule has 5 heteroatoms. The fourth-order valence-electron chi connectivity index (χ4n) is 1.34. The summed E-state index contributed by atoms with van der Waals surface area (Å²) in [6.07, 6.45) is 2.53. The van der Waals surface area contributed by atoms with Gasteiger partial charge >= 0.3 is 10.1 Å². The molecule has 0 aliphatic carbocycles. The zero-order valence-corrected chi connectivity index (χ0v) is 9.40. The molecule has 1 aromatic heterocycles. The van der Waals surface area contributed by atoms with Crippen molar-refractivity contribution < 1.29 is 17.0 Å². The quantitative estimate of drug-likeness (QED) is 0.770. The van der Waals surface area contributed by atoms with E-state index in [0.717, 1.165) is 6.26 Å². The van der Waals surface area contributed by atoms with Crippen LogP contribution < -0.4 is 4.18 Å². The molecule has 0 aliphatic rings. The summed E-state index contributed by atoms with van der Waals surface area (Å²) in [5.74, 6) is 0.833. The fraction of sp³-hybridized carbons (Fsp3) is 0.0909. The van der Waals surface area contributed by atoms with E-state index in [-0.39, 0.29) is 5.75 Å². The van der Waals surface area contributed by atoms with Gasteiger partial charge in [-0.3, -0.25) is 0 Å². The van der Waals surface area contributed by atoms with E-state index < -0.39 is 10.1 Å². The SMILES string of the molecule is CS(=O)(=O)Oc1ccccc1-c1ccco1. The van der Waals surface area contributed by atoms with Crippen LogP contribution in [0.2, 0.25) is 0 Å². The fourth-order valence-corrected chi connectivity index (χ4v) is 1.81. The van der Waals surface area contributed by atoms with E-state index in [4.69, 9.17) is 8.60 Å². The molecule has 0 radical (unpaired) electrons. The van der Waals surface area contributed by atoms with Crippen LogP contribution in [0.5, 0.6) is 5.75 Å². The third-order valence-electron chi connectivity index (χ3n) is 1.91. The Hall–Kier alpha value is -1.75. The van der Waals surface area contributed by atoms with Crippen molar-refractivity contribution >= 4 is 10.1 Å². The van der Waals surface area contributed by atoms with Gasteiger partial charge in [-0.1, -0.05) is 12.1 Å². The van der Waals surface area contributed by atoms with E-state index in [0.29, 0.717) is 11.3 Å². The number of rotatable bonds is 3. The third kappa shape index (κ3) is 2.43. The molecule has 2 rings (SSSR count). The third-order valence-corrected chi connectivity index (χ3v) is 2.40. The predicted octanol–water partition coefficient (Wildman–Crippen LogP) is 2.29. The van der Waals surface area contributed by atoms with Gasteiger partial charge in [0, 0.05) is 0 Å². The normalized spacial score (nSPS) is 11.3. The average molecular weight is 238 g/mol. The number of benzene rings is 1. The van der Waals surface area contributed by atoms with E-state index in [9.17, 15) is 8.42 Å². The molecular formula is C11H10O4S. The van der Waals surface area contributed by atoms with Gasteiger partial charge in [0.25, 0.3) is 0 Å². The molecule has 1 heterocycles. The second kappa shape index (κ2) is 4.02. The smallest absolute Gasteiger partial charge is 0.306 e. The minimum atomic E-state index is -3.53. The van der Waals surface area contributed by atoms with Gasteiger partial charge in [-0.15, -0.1) is 0 Å². The van der Waals surface area contributed by atoms with Gasteiger partial charge in [0.1, 0.15) is 5.76 Å². The maximum atomic E-state index is 11.1. The van der Waals surface area contributed by atoms with Gasteiger partial charge < -0.3 is 8.60 Å². The summed E-state index contributed by atoms with van der Waals surface area (Å²) in [5.41, 5.74) is 0.609. The highest BCUT2D eigenvalue weighted by Crippen LogP contribution is 2.30. The van der Waals surface area contributed by atoms with Crippen molar-refractivity contribution in [3.05, 3.63) is 42.7 Å². The average Bonchev–Trinajstić information content (AvgIpc) is 2.69.